The summed E-state index contributed by atoms with van der Waals surface area (Å²) < 4.78 is 10.7. The van der Waals surface area contributed by atoms with Crippen LogP contribution in [0.2, 0.25) is 0 Å². The normalized spacial score (nSPS) is 19.1. The molecule has 2 saturated carbocycles. The van der Waals surface area contributed by atoms with Gasteiger partial charge in [-0.15, -0.1) is 25.6 Å². The maximum Gasteiger partial charge on any atom is 0.340 e. The van der Waals surface area contributed by atoms with Crippen molar-refractivity contribution in [3.8, 4) is 30.3 Å². The van der Waals surface area contributed by atoms with Crippen LogP contribution in [-0.4, -0.2) is 202 Å². The highest BCUT2D eigenvalue weighted by atomic mass is 16.5. The first-order chi connectivity index (χ1) is 61.5. The van der Waals surface area contributed by atoms with Gasteiger partial charge in [0.25, 0.3) is 0 Å². The number of nitrogens with two attached hydrogens (primary N) is 2. The van der Waals surface area contributed by atoms with E-state index in [1.165, 1.54) is 12.8 Å². The number of hydrogen-bond acceptors (Lipinski definition) is 33. The summed E-state index contributed by atoms with van der Waals surface area (Å²) in [7, 11) is 3.20. The molecule has 0 amide bonds. The lowest BCUT2D eigenvalue weighted by molar-refractivity contribution is 0.0000356. The van der Waals surface area contributed by atoms with Crippen molar-refractivity contribution in [2.45, 2.75) is 425 Å². The van der Waals surface area contributed by atoms with Crippen LogP contribution < -0.4 is 32.7 Å². The Kier molecular flexibility index (Phi) is 50.3. The van der Waals surface area contributed by atoms with Crippen LogP contribution in [0.1, 0.15) is 324 Å². The summed E-state index contributed by atoms with van der Waals surface area (Å²) in [5, 5.41) is 139. The second-order valence-corrected chi connectivity index (χ2v) is 41.4. The number of nitrogens with zero attached hydrogens (tertiary/aromatic N) is 30. The zero-order valence-electron chi connectivity index (χ0n) is 87.5. The fraction of sp³-hybridized carbons (Fsp3) is 0.830. The lowest BCUT2D eigenvalue weighted by Crippen LogP contribution is -2.41. The van der Waals surface area contributed by atoms with Gasteiger partial charge in [0.15, 0.2) is 27.7 Å². The Balaban J connectivity index is 0. The van der Waals surface area contributed by atoms with Crippen LogP contribution in [0.5, 0.6) is 0 Å². The highest BCUT2D eigenvalue weighted by molar-refractivity contribution is 5.94. The summed E-state index contributed by atoms with van der Waals surface area (Å²) in [5.74, 6) is 4.29. The molecule has 6 atom stereocenters. The van der Waals surface area contributed by atoms with Gasteiger partial charge in [-0.05, 0) is 209 Å². The van der Waals surface area contributed by atoms with E-state index >= 15 is 0 Å². The van der Waals surface area contributed by atoms with Gasteiger partial charge in [0.1, 0.15) is 68.2 Å². The zero-order valence-corrected chi connectivity index (χ0v) is 87.5. The molecule has 6 aliphatic rings. The van der Waals surface area contributed by atoms with Crippen molar-refractivity contribution in [1.82, 2.24) is 21.3 Å². The molecule has 2 aliphatic carbocycles. The summed E-state index contributed by atoms with van der Waals surface area (Å²) in [6.45, 7) is 102. The number of amidine groups is 6. The minimum absolute atomic E-state index is 0.0689. The first-order valence-electron chi connectivity index (χ1n) is 45.9. The molecule has 0 spiro atoms. The molecule has 740 valence electrons. The summed E-state index contributed by atoms with van der Waals surface area (Å²) in [6, 6.07) is 10.8. The molecule has 10 N–H and O–H groups in total. The highest BCUT2D eigenvalue weighted by Gasteiger charge is 2.44. The molecule has 0 bridgehead atoms. The Morgan fingerprint density at radius 3 is 1.02 bits per heavy atom. The molecule has 0 saturated heterocycles. The van der Waals surface area contributed by atoms with E-state index in [0.717, 1.165) is 127 Å². The second kappa shape index (κ2) is 54.1. The van der Waals surface area contributed by atoms with Gasteiger partial charge in [-0.1, -0.05) is 54.4 Å². The van der Waals surface area contributed by atoms with Crippen molar-refractivity contribution in [2.24, 2.45) is 125 Å². The molecule has 6 unspecified atom stereocenters. The van der Waals surface area contributed by atoms with E-state index in [9.17, 15) is 15.8 Å². The minimum atomic E-state index is -1.06. The Hall–Kier alpha value is -11.6. The van der Waals surface area contributed by atoms with E-state index in [-0.39, 0.29) is 11.7 Å². The predicted octanol–water partition coefficient (Wildman–Crippen LogP) is 21.1. The van der Waals surface area contributed by atoms with Crippen LogP contribution in [0, 0.1) is 112 Å². The van der Waals surface area contributed by atoms with Crippen LogP contribution in [0.25, 0.3) is 24.2 Å². The van der Waals surface area contributed by atoms with Gasteiger partial charge < -0.3 is 42.2 Å². The Labute approximate surface area is 802 Å². The van der Waals surface area contributed by atoms with Crippen molar-refractivity contribution >= 4 is 35.0 Å². The van der Waals surface area contributed by atoms with Crippen LogP contribution in [-0.2, 0) is 9.47 Å². The number of aliphatic imine (C=N–C) groups is 4. The van der Waals surface area contributed by atoms with Gasteiger partial charge >= 0.3 is 28.3 Å². The molecular formula is C94H162N38O2. The molecule has 4 aliphatic heterocycles. The van der Waals surface area contributed by atoms with Crippen LogP contribution in [0.15, 0.2) is 102 Å². The molecule has 0 aromatic rings. The van der Waals surface area contributed by atoms with E-state index in [1.54, 1.807) is 111 Å². The maximum absolute atomic E-state index is 9.43. The van der Waals surface area contributed by atoms with E-state index in [4.69, 9.17) is 75.1 Å². The van der Waals surface area contributed by atoms with Crippen LogP contribution in [0.3, 0.4) is 0 Å². The third kappa shape index (κ3) is 46.4. The lowest BCUT2D eigenvalue weighted by Gasteiger charge is -2.29. The topological polar surface area (TPSA) is 554 Å². The number of nitriles is 5. The van der Waals surface area contributed by atoms with Crippen molar-refractivity contribution < 1.29 is 9.47 Å². The summed E-state index contributed by atoms with van der Waals surface area (Å²) in [4.78, 5) is 35.1. The van der Waals surface area contributed by atoms with E-state index in [1.807, 2.05) is 117 Å². The van der Waals surface area contributed by atoms with Gasteiger partial charge in [0, 0.05) is 101 Å². The molecule has 0 aromatic carbocycles. The van der Waals surface area contributed by atoms with Gasteiger partial charge in [-0.2, -0.15) is 82.6 Å². The van der Waals surface area contributed by atoms with Gasteiger partial charge in [0.2, 0.25) is 0 Å². The quantitative estimate of drug-likeness (QED) is 0.0129. The zero-order chi connectivity index (χ0) is 104. The van der Waals surface area contributed by atoms with Gasteiger partial charge in [-0.25, -0.2) is 32.9 Å². The SMILES string of the molecule is CC(C)(N=NC(C)(C)C(=N)N)C(=N)N.CC(C)(N=NC(C)(C)C1=NCCN1)C1=NCCN1.CC(C)(N=NC(C)(C)C1=NCCN1)C1=NCCN1.[C-]#[N+]C(C)(C)N=NC(C)(C)C#N.[C-]#[N+]C(C)(CC(C)(C)OC)N=NC(C)(C#N)CC(C)(C)OC.[C-]#[N+]C(C)(CC(C)C)N=NC(C)(C#N)CC(C)C.[C-]#[N+]C(C)(CC)N=NC(C)(C#N)CC.[C-]#[N+]C1(N=NC2(C#N)CCCCC2)CCCCC1. The number of rotatable bonds is 34. The standard InChI is InChI=1S/C16H28N4O2.C14H20N4.C14H24N4.2C12H22N6.C10H16N4.C8H18N6.C8H12N4/c1-13(2,21-8)10-15(5,12-17)19-20-16(6,18-7)11-14(3,4)22-9;1-16-14(10-6-3-7-11-14)18-17-13(12-15)8-4-2-5-9-13;1-11(2)8-13(5,10-15)17-18-14(6,16-7)9-12(3)4;2*1-11(2,9-13-5-6-14-9)17-18-12(3,4)10-15-7-8-16-10;1-6-9(3,8-11)13-14-10(4,7-2)12-5;1-7(2,5(9)10)13-14-8(3,4)6(11)12;1-7(2,6-9)11-12-8(3,4)10-5/h10-11H2,1-6,8-9H3;2-11H2;11-12H,8-9H2,1-6H3;2*5-8H2,1-4H3,(H,13,14)(H,15,16);6-7H2,1-4H3;1-4H3,(H3,9,10)(H3,11,12);1-4H3. The smallest absolute Gasteiger partial charge is 0.340 e. The lowest BCUT2D eigenvalue weighted by atomic mass is 9.84. The van der Waals surface area contributed by atoms with E-state index < -0.39 is 100 Å². The second-order valence-electron chi connectivity index (χ2n) is 41.4. The number of ether oxygens (including phenoxy) is 2. The number of hydrogen-bond donors (Lipinski definition) is 8. The van der Waals surface area contributed by atoms with Crippen molar-refractivity contribution in [2.75, 3.05) is 66.6 Å². The van der Waals surface area contributed by atoms with E-state index in [2.05, 4.69) is 185 Å². The molecule has 2 fully saturated rings. The third-order valence-electron chi connectivity index (χ3n) is 21.8. The van der Waals surface area contributed by atoms with Gasteiger partial charge in [0.05, 0.1) is 80.6 Å². The molecule has 134 heavy (non-hydrogen) atoms. The van der Waals surface area contributed by atoms with Crippen LogP contribution >= 0.6 is 0 Å². The molecular weight excluding hydrogens is 1690 g/mol. The first kappa shape index (κ1) is 124. The Morgan fingerprint density at radius 2 is 0.739 bits per heavy atom. The summed E-state index contributed by atoms with van der Waals surface area (Å²) in [6.07, 6.45) is 13.1. The fourth-order valence-electron chi connectivity index (χ4n) is 12.2. The monoisotopic (exact) mass is 1860 g/mol. The average Bonchev–Trinajstić information content (AvgIpc) is 1.30. The summed E-state index contributed by atoms with van der Waals surface area (Å²) >= 11 is 0. The number of methoxy groups -OCH3 is 2. The predicted molar refractivity (Wildman–Crippen MR) is 531 cm³/mol. The summed E-state index contributed by atoms with van der Waals surface area (Å²) in [5.41, 5.74) is -1.95. The number of azo groups is 8. The molecule has 0 radical (unpaired) electrons. The average molecular weight is 1860 g/mol. The highest BCUT2D eigenvalue weighted by Crippen LogP contribution is 2.39. The maximum atomic E-state index is 9.43. The minimum Gasteiger partial charge on any atom is -0.386 e. The molecule has 0 aromatic heterocycles. The number of nitrogens with one attached hydrogen (secondary N) is 6. The van der Waals surface area contributed by atoms with E-state index in [0.29, 0.717) is 50.4 Å². The first-order valence-corrected chi connectivity index (χ1v) is 45.9. The molecule has 6 rings (SSSR count). The van der Waals surface area contributed by atoms with Crippen molar-refractivity contribution in [3.63, 3.8) is 0 Å². The third-order valence-corrected chi connectivity index (χ3v) is 21.8. The van der Waals surface area contributed by atoms with Gasteiger partial charge in [-0.3, -0.25) is 55.0 Å². The molecule has 40 heteroatoms. The fourth-order valence-corrected chi connectivity index (χ4v) is 12.2. The van der Waals surface area contributed by atoms with Crippen molar-refractivity contribution in [1.29, 1.82) is 37.1 Å². The largest absolute Gasteiger partial charge is 0.386 e. The Bertz CT molecular complexity index is 4260. The Morgan fingerprint density at radius 1 is 0.403 bits per heavy atom. The van der Waals surface area contributed by atoms with Crippen molar-refractivity contribution in [3.05, 3.63) is 57.1 Å². The molecule has 40 nitrogen and oxygen atoms in total. The van der Waals surface area contributed by atoms with Crippen LogP contribution in [0.4, 0.5) is 0 Å². The molecule has 4 heterocycles.